The molecule has 86 valence electrons. The number of hydrogen-bond acceptors (Lipinski definition) is 3. The van der Waals surface area contributed by atoms with Crippen molar-refractivity contribution in [2.75, 3.05) is 6.61 Å². The zero-order valence-corrected chi connectivity index (χ0v) is 10.5. The number of hydrogen-bond donors (Lipinski definition) is 0. The molecule has 0 saturated carbocycles. The second-order valence-corrected chi connectivity index (χ2v) is 5.25. The number of benzene rings is 1. The lowest BCUT2D eigenvalue weighted by molar-refractivity contribution is 0.112. The van der Waals surface area contributed by atoms with Crippen molar-refractivity contribution in [3.63, 3.8) is 0 Å². The van der Waals surface area contributed by atoms with E-state index in [9.17, 15) is 4.79 Å². The van der Waals surface area contributed by atoms with Crippen molar-refractivity contribution in [1.82, 2.24) is 0 Å². The molecule has 1 aromatic carbocycles. The average molecular weight is 265 g/mol. The van der Waals surface area contributed by atoms with Gasteiger partial charge < -0.3 is 4.74 Å². The topological polar surface area (TPSA) is 26.3 Å². The number of thiophene rings is 1. The third-order valence-corrected chi connectivity index (χ3v) is 4.16. The molecule has 1 aliphatic heterocycles. The van der Waals surface area contributed by atoms with E-state index >= 15 is 0 Å². The molecule has 4 heteroatoms. The van der Waals surface area contributed by atoms with Gasteiger partial charge in [0.05, 0.1) is 11.6 Å². The van der Waals surface area contributed by atoms with Crippen LogP contribution in [0.25, 0.3) is 11.1 Å². The zero-order valence-electron chi connectivity index (χ0n) is 8.90. The normalized spacial score (nSPS) is 13.2. The van der Waals surface area contributed by atoms with Crippen LogP contribution in [0.2, 0.25) is 5.02 Å². The lowest BCUT2D eigenvalue weighted by Crippen LogP contribution is -1.98. The lowest BCUT2D eigenvalue weighted by Gasteiger charge is -2.09. The molecule has 0 bridgehead atoms. The molecule has 0 radical (unpaired) electrons. The number of rotatable bonds is 1. The monoisotopic (exact) mass is 264 g/mol. The summed E-state index contributed by atoms with van der Waals surface area (Å²) in [5, 5.41) is 2.51. The molecule has 2 heterocycles. The first-order valence-corrected chi connectivity index (χ1v) is 6.53. The first-order valence-electron chi connectivity index (χ1n) is 5.28. The summed E-state index contributed by atoms with van der Waals surface area (Å²) in [7, 11) is 0. The van der Waals surface area contributed by atoms with Crippen LogP contribution in [0.5, 0.6) is 5.75 Å². The summed E-state index contributed by atoms with van der Waals surface area (Å²) in [4.78, 5) is 12.2. The van der Waals surface area contributed by atoms with Crippen LogP contribution in [0.3, 0.4) is 0 Å². The molecule has 3 rings (SSSR count). The fraction of sp³-hybridized carbons (Fsp3) is 0.154. The SMILES string of the molecule is O=Cc1cc2c(cc1Cl)OCCc1sccc1-2. The van der Waals surface area contributed by atoms with Gasteiger partial charge in [-0.05, 0) is 23.1 Å². The summed E-state index contributed by atoms with van der Waals surface area (Å²) in [6.07, 6.45) is 1.68. The maximum Gasteiger partial charge on any atom is 0.151 e. The maximum absolute atomic E-state index is 10.9. The summed E-state index contributed by atoms with van der Waals surface area (Å²) in [6.45, 7) is 0.650. The largest absolute Gasteiger partial charge is 0.493 e. The van der Waals surface area contributed by atoms with Crippen LogP contribution in [0.15, 0.2) is 23.6 Å². The summed E-state index contributed by atoms with van der Waals surface area (Å²) in [5.41, 5.74) is 2.63. The van der Waals surface area contributed by atoms with E-state index in [1.807, 2.05) is 6.07 Å². The van der Waals surface area contributed by atoms with E-state index in [0.29, 0.717) is 17.2 Å². The van der Waals surface area contributed by atoms with Crippen molar-refractivity contribution in [3.8, 4) is 16.9 Å². The Labute approximate surface area is 108 Å². The molecular weight excluding hydrogens is 256 g/mol. The van der Waals surface area contributed by atoms with Crippen LogP contribution in [0, 0.1) is 0 Å². The van der Waals surface area contributed by atoms with E-state index in [1.165, 1.54) is 4.88 Å². The van der Waals surface area contributed by atoms with Crippen LogP contribution in [0.4, 0.5) is 0 Å². The minimum Gasteiger partial charge on any atom is -0.493 e. The maximum atomic E-state index is 10.9. The zero-order chi connectivity index (χ0) is 11.8. The van der Waals surface area contributed by atoms with Crippen LogP contribution in [-0.4, -0.2) is 12.9 Å². The minimum atomic E-state index is 0.442. The smallest absolute Gasteiger partial charge is 0.151 e. The molecule has 0 spiro atoms. The highest BCUT2D eigenvalue weighted by Crippen LogP contribution is 2.40. The van der Waals surface area contributed by atoms with E-state index in [4.69, 9.17) is 16.3 Å². The Bertz CT molecular complexity index is 589. The summed E-state index contributed by atoms with van der Waals surface area (Å²) < 4.78 is 5.68. The van der Waals surface area contributed by atoms with Crippen molar-refractivity contribution in [2.45, 2.75) is 6.42 Å². The van der Waals surface area contributed by atoms with Gasteiger partial charge in [0.2, 0.25) is 0 Å². The molecule has 2 nitrogen and oxygen atoms in total. The number of fused-ring (bicyclic) bond motifs is 3. The molecular formula is C13H9ClO2S. The van der Waals surface area contributed by atoms with Gasteiger partial charge in [0, 0.05) is 28.5 Å². The quantitative estimate of drug-likeness (QED) is 0.732. The molecule has 0 unspecified atom stereocenters. The van der Waals surface area contributed by atoms with Crippen LogP contribution >= 0.6 is 22.9 Å². The molecule has 0 aliphatic carbocycles. The van der Waals surface area contributed by atoms with Gasteiger partial charge in [-0.15, -0.1) is 11.3 Å². The van der Waals surface area contributed by atoms with E-state index < -0.39 is 0 Å². The number of carbonyl (C=O) groups is 1. The first-order chi connectivity index (χ1) is 8.29. The van der Waals surface area contributed by atoms with Gasteiger partial charge in [0.1, 0.15) is 5.75 Å². The van der Waals surface area contributed by atoms with E-state index in [1.54, 1.807) is 17.4 Å². The predicted molar refractivity (Wildman–Crippen MR) is 69.4 cm³/mol. The van der Waals surface area contributed by atoms with Crippen LogP contribution in [0.1, 0.15) is 15.2 Å². The molecule has 2 aromatic rings. The van der Waals surface area contributed by atoms with Gasteiger partial charge in [0.25, 0.3) is 0 Å². The van der Waals surface area contributed by atoms with E-state index in [2.05, 4.69) is 11.4 Å². The third-order valence-electron chi connectivity index (χ3n) is 2.85. The van der Waals surface area contributed by atoms with Crippen molar-refractivity contribution >= 4 is 29.2 Å². The van der Waals surface area contributed by atoms with Gasteiger partial charge in [-0.2, -0.15) is 0 Å². The standard InChI is InChI=1S/C13H9ClO2S/c14-11-6-12-10(5-8(11)7-15)9-2-4-17-13(9)1-3-16-12/h2,4-7H,1,3H2. The van der Waals surface area contributed by atoms with Gasteiger partial charge >= 0.3 is 0 Å². The molecule has 1 aromatic heterocycles. The Morgan fingerprint density at radius 1 is 1.35 bits per heavy atom. The van der Waals surface area contributed by atoms with Crippen LogP contribution in [-0.2, 0) is 6.42 Å². The van der Waals surface area contributed by atoms with E-state index in [0.717, 1.165) is 29.6 Å². The van der Waals surface area contributed by atoms with Crippen LogP contribution < -0.4 is 4.74 Å². The number of ether oxygens (including phenoxy) is 1. The Hall–Kier alpha value is -1.32. The van der Waals surface area contributed by atoms with Gasteiger partial charge in [-0.3, -0.25) is 4.79 Å². The fourth-order valence-electron chi connectivity index (χ4n) is 2.02. The third kappa shape index (κ3) is 1.75. The van der Waals surface area contributed by atoms with Gasteiger partial charge in [0.15, 0.2) is 6.29 Å². The Morgan fingerprint density at radius 2 is 2.24 bits per heavy atom. The second-order valence-electron chi connectivity index (χ2n) is 3.84. The van der Waals surface area contributed by atoms with Gasteiger partial charge in [-0.1, -0.05) is 11.6 Å². The molecule has 0 fully saturated rings. The first kappa shape index (κ1) is 10.8. The highest BCUT2D eigenvalue weighted by atomic mass is 35.5. The molecule has 0 N–H and O–H groups in total. The lowest BCUT2D eigenvalue weighted by atomic mass is 10.0. The van der Waals surface area contributed by atoms with Gasteiger partial charge in [-0.25, -0.2) is 0 Å². The van der Waals surface area contributed by atoms with Crippen molar-refractivity contribution in [1.29, 1.82) is 0 Å². The highest BCUT2D eigenvalue weighted by molar-refractivity contribution is 7.10. The highest BCUT2D eigenvalue weighted by Gasteiger charge is 2.18. The Balaban J connectivity index is 2.27. The summed E-state index contributed by atoms with van der Waals surface area (Å²) >= 11 is 7.73. The molecule has 0 amide bonds. The second kappa shape index (κ2) is 4.17. The van der Waals surface area contributed by atoms with Crippen molar-refractivity contribution in [3.05, 3.63) is 39.0 Å². The van der Waals surface area contributed by atoms with E-state index in [-0.39, 0.29) is 0 Å². The number of carbonyl (C=O) groups excluding carboxylic acids is 1. The summed E-state index contributed by atoms with van der Waals surface area (Å²) in [6, 6.07) is 5.60. The number of aldehydes is 1. The van der Waals surface area contributed by atoms with Crippen molar-refractivity contribution in [2.24, 2.45) is 0 Å². The Morgan fingerprint density at radius 3 is 3.06 bits per heavy atom. The molecule has 17 heavy (non-hydrogen) atoms. The number of halogens is 1. The molecule has 0 saturated heterocycles. The Kier molecular flexibility index (Phi) is 2.65. The van der Waals surface area contributed by atoms with Crippen molar-refractivity contribution < 1.29 is 9.53 Å². The molecule has 0 atom stereocenters. The summed E-state index contributed by atoms with van der Waals surface area (Å²) in [5.74, 6) is 0.762. The minimum absolute atomic E-state index is 0.442. The average Bonchev–Trinajstić information content (AvgIpc) is 2.72. The molecule has 1 aliphatic rings. The fourth-order valence-corrected chi connectivity index (χ4v) is 3.09. The predicted octanol–water partition coefficient (Wildman–Crippen LogP) is 3.82.